The molecule has 0 spiro atoms. The third-order valence-corrected chi connectivity index (χ3v) is 6.82. The maximum absolute atomic E-state index is 13.4. The third kappa shape index (κ3) is 4.25. The van der Waals surface area contributed by atoms with Gasteiger partial charge in [0, 0.05) is 30.7 Å². The molecule has 0 saturated carbocycles. The van der Waals surface area contributed by atoms with Gasteiger partial charge in [-0.25, -0.2) is 9.97 Å². The van der Waals surface area contributed by atoms with Crippen LogP contribution in [0, 0.1) is 6.92 Å². The van der Waals surface area contributed by atoms with Crippen molar-refractivity contribution in [3.63, 3.8) is 0 Å². The molecule has 2 aliphatic rings. The van der Waals surface area contributed by atoms with Crippen LogP contribution >= 0.6 is 0 Å². The molecule has 0 N–H and O–H groups in total. The van der Waals surface area contributed by atoms with Crippen LogP contribution in [0.4, 0.5) is 0 Å². The Bertz CT molecular complexity index is 892. The minimum absolute atomic E-state index is 0.0207. The quantitative estimate of drug-likeness (QED) is 0.783. The maximum atomic E-state index is 13.4. The fourth-order valence-corrected chi connectivity index (χ4v) is 4.54. The average molecular weight is 408 g/mol. The van der Waals surface area contributed by atoms with Crippen molar-refractivity contribution in [2.75, 3.05) is 46.8 Å². The summed E-state index contributed by atoms with van der Waals surface area (Å²) in [5, 5.41) is 0. The lowest BCUT2D eigenvalue weighted by Crippen LogP contribution is -2.49. The summed E-state index contributed by atoms with van der Waals surface area (Å²) in [5.74, 6) is 0.847. The number of rotatable bonds is 3. The predicted molar refractivity (Wildman–Crippen MR) is 119 cm³/mol. The van der Waals surface area contributed by atoms with Crippen LogP contribution in [-0.2, 0) is 5.41 Å². The van der Waals surface area contributed by atoms with E-state index in [0.717, 1.165) is 50.5 Å². The van der Waals surface area contributed by atoms with Gasteiger partial charge in [-0.2, -0.15) is 0 Å². The van der Waals surface area contributed by atoms with E-state index in [2.05, 4.69) is 55.1 Å². The van der Waals surface area contributed by atoms with Gasteiger partial charge in [0.2, 0.25) is 0 Å². The Kier molecular flexibility index (Phi) is 5.89. The second-order valence-electron chi connectivity index (χ2n) is 9.24. The fourth-order valence-electron chi connectivity index (χ4n) is 4.54. The number of aryl methyl sites for hydroxylation is 1. The Balaban J connectivity index is 1.56. The fraction of sp³-hybridized carbons (Fsp3) is 0.542. The summed E-state index contributed by atoms with van der Waals surface area (Å²) in [6.07, 6.45) is 2.04. The number of carbonyl (C=O) groups is 1. The summed E-state index contributed by atoms with van der Waals surface area (Å²) in [7, 11) is 4.29. The first-order valence-corrected chi connectivity index (χ1v) is 10.9. The van der Waals surface area contributed by atoms with E-state index in [9.17, 15) is 4.79 Å². The van der Waals surface area contributed by atoms with Crippen LogP contribution in [0.15, 0.2) is 36.4 Å². The number of hydrogen-bond acceptors (Lipinski definition) is 5. The number of hydrogen-bond donors (Lipinski definition) is 0. The minimum atomic E-state index is -0.0672. The van der Waals surface area contributed by atoms with Gasteiger partial charge in [-0.15, -0.1) is 0 Å². The highest BCUT2D eigenvalue weighted by atomic mass is 16.2. The Hall–Kier alpha value is -2.31. The van der Waals surface area contributed by atoms with E-state index in [1.807, 2.05) is 24.0 Å². The first kappa shape index (κ1) is 20.9. The maximum Gasteiger partial charge on any atom is 0.272 e. The Morgan fingerprint density at radius 3 is 2.43 bits per heavy atom. The SMILES string of the molecule is Cc1cc(C(=O)N2CCN(C)[C@H](c3ccccc3)C2)nc(C2(C)CCN(C)CC2)n1. The van der Waals surface area contributed by atoms with Gasteiger partial charge in [-0.1, -0.05) is 37.3 Å². The minimum Gasteiger partial charge on any atom is -0.334 e. The van der Waals surface area contributed by atoms with Crippen molar-refractivity contribution in [1.82, 2.24) is 24.7 Å². The third-order valence-electron chi connectivity index (χ3n) is 6.82. The van der Waals surface area contributed by atoms with Crippen LogP contribution in [0.25, 0.3) is 0 Å². The Morgan fingerprint density at radius 1 is 1.03 bits per heavy atom. The number of piperazine rings is 1. The van der Waals surface area contributed by atoms with E-state index in [1.165, 1.54) is 5.56 Å². The molecule has 1 amide bonds. The summed E-state index contributed by atoms with van der Waals surface area (Å²) in [6.45, 7) is 8.54. The van der Waals surface area contributed by atoms with Gasteiger partial charge in [-0.3, -0.25) is 9.69 Å². The topological polar surface area (TPSA) is 52.6 Å². The molecule has 2 aliphatic heterocycles. The van der Waals surface area contributed by atoms with Gasteiger partial charge >= 0.3 is 0 Å². The van der Waals surface area contributed by atoms with Gasteiger partial charge in [-0.05, 0) is 58.6 Å². The summed E-state index contributed by atoms with van der Waals surface area (Å²) < 4.78 is 0. The number of aromatic nitrogens is 2. The molecule has 6 nitrogen and oxygen atoms in total. The van der Waals surface area contributed by atoms with Crippen molar-refractivity contribution in [2.45, 2.75) is 38.1 Å². The van der Waals surface area contributed by atoms with E-state index in [1.54, 1.807) is 0 Å². The first-order chi connectivity index (χ1) is 14.4. The predicted octanol–water partition coefficient (Wildman–Crippen LogP) is 2.90. The Labute approximate surface area is 179 Å². The molecular weight excluding hydrogens is 374 g/mol. The molecule has 3 heterocycles. The monoisotopic (exact) mass is 407 g/mol. The molecule has 160 valence electrons. The molecule has 0 unspecified atom stereocenters. The van der Waals surface area contributed by atoms with E-state index in [0.29, 0.717) is 12.2 Å². The van der Waals surface area contributed by atoms with Crippen molar-refractivity contribution >= 4 is 5.91 Å². The summed E-state index contributed by atoms with van der Waals surface area (Å²) in [5.41, 5.74) is 2.59. The second-order valence-corrected chi connectivity index (χ2v) is 9.24. The molecule has 0 aliphatic carbocycles. The van der Waals surface area contributed by atoms with Crippen molar-refractivity contribution in [3.05, 3.63) is 59.2 Å². The molecular formula is C24H33N5O. The number of carbonyl (C=O) groups excluding carboxylic acids is 1. The zero-order valence-electron chi connectivity index (χ0n) is 18.6. The van der Waals surface area contributed by atoms with E-state index in [4.69, 9.17) is 9.97 Å². The number of benzene rings is 1. The smallest absolute Gasteiger partial charge is 0.272 e. The van der Waals surface area contributed by atoms with Crippen molar-refractivity contribution in [1.29, 1.82) is 0 Å². The summed E-state index contributed by atoms with van der Waals surface area (Å²) >= 11 is 0. The first-order valence-electron chi connectivity index (χ1n) is 10.9. The highest BCUT2D eigenvalue weighted by Crippen LogP contribution is 2.33. The molecule has 6 heteroatoms. The van der Waals surface area contributed by atoms with Gasteiger partial charge in [0.25, 0.3) is 5.91 Å². The molecule has 0 bridgehead atoms. The molecule has 0 radical (unpaired) electrons. The van der Waals surface area contributed by atoms with E-state index < -0.39 is 0 Å². The lowest BCUT2D eigenvalue weighted by molar-refractivity contribution is 0.0539. The number of likely N-dealkylation sites (N-methyl/N-ethyl adjacent to an activating group) is 1. The highest BCUT2D eigenvalue weighted by Gasteiger charge is 2.35. The molecule has 30 heavy (non-hydrogen) atoms. The van der Waals surface area contributed by atoms with Crippen LogP contribution in [0.5, 0.6) is 0 Å². The normalized spacial score (nSPS) is 22.8. The number of likely N-dealkylation sites (tertiary alicyclic amines) is 1. The number of nitrogens with zero attached hydrogens (tertiary/aromatic N) is 5. The second kappa shape index (κ2) is 8.44. The molecule has 1 aromatic heterocycles. The molecule has 1 aromatic carbocycles. The zero-order valence-corrected chi connectivity index (χ0v) is 18.6. The molecule has 2 aromatic rings. The zero-order chi connectivity index (χ0) is 21.3. The molecule has 2 saturated heterocycles. The van der Waals surface area contributed by atoms with Crippen molar-refractivity contribution < 1.29 is 4.79 Å². The van der Waals surface area contributed by atoms with Crippen LogP contribution in [0.2, 0.25) is 0 Å². The lowest BCUT2D eigenvalue weighted by atomic mass is 9.79. The highest BCUT2D eigenvalue weighted by molar-refractivity contribution is 5.92. The molecule has 4 rings (SSSR count). The molecule has 2 fully saturated rings. The largest absolute Gasteiger partial charge is 0.334 e. The van der Waals surface area contributed by atoms with Crippen LogP contribution in [-0.4, -0.2) is 77.4 Å². The van der Waals surface area contributed by atoms with Crippen LogP contribution in [0.1, 0.15) is 53.4 Å². The van der Waals surface area contributed by atoms with Gasteiger partial charge in [0.1, 0.15) is 11.5 Å². The number of amides is 1. The van der Waals surface area contributed by atoms with Crippen molar-refractivity contribution in [2.24, 2.45) is 0 Å². The average Bonchev–Trinajstić information content (AvgIpc) is 2.76. The summed E-state index contributed by atoms with van der Waals surface area (Å²) in [6, 6.07) is 12.5. The lowest BCUT2D eigenvalue weighted by Gasteiger charge is -2.40. The Morgan fingerprint density at radius 2 is 1.73 bits per heavy atom. The van der Waals surface area contributed by atoms with Crippen LogP contribution < -0.4 is 0 Å². The standard InChI is InChI=1S/C24H33N5O/c1-18-16-20(26-23(25-18)24(2)10-12-27(3)13-11-24)22(30)29-15-14-28(4)21(17-29)19-8-6-5-7-9-19/h5-9,16,21H,10-15,17H2,1-4H3/t21-/m0/s1. The summed E-state index contributed by atoms with van der Waals surface area (Å²) in [4.78, 5) is 29.6. The van der Waals surface area contributed by atoms with Gasteiger partial charge in [0.05, 0.1) is 6.04 Å². The van der Waals surface area contributed by atoms with E-state index in [-0.39, 0.29) is 17.4 Å². The van der Waals surface area contributed by atoms with E-state index >= 15 is 0 Å². The van der Waals surface area contributed by atoms with Gasteiger partial charge in [0.15, 0.2) is 0 Å². The van der Waals surface area contributed by atoms with Crippen molar-refractivity contribution in [3.8, 4) is 0 Å². The number of piperidine rings is 1. The van der Waals surface area contributed by atoms with Gasteiger partial charge < -0.3 is 9.80 Å². The molecule has 1 atom stereocenters. The van der Waals surface area contributed by atoms with Crippen LogP contribution in [0.3, 0.4) is 0 Å².